The highest BCUT2D eigenvalue weighted by Gasteiger charge is 2.14. The molecular formula is C15H15ClN2O3S. The normalized spacial score (nSPS) is 11.7. The fraction of sp³-hybridized carbons (Fsp3) is 0.200. The first-order valence-electron chi connectivity index (χ1n) is 6.52. The number of nitrogens with two attached hydrogens (primary N) is 1. The van der Waals surface area contributed by atoms with E-state index in [4.69, 9.17) is 22.1 Å². The van der Waals surface area contributed by atoms with Crippen LogP contribution in [-0.4, -0.2) is 18.4 Å². The molecule has 0 bridgehead atoms. The van der Waals surface area contributed by atoms with Crippen LogP contribution in [0.5, 0.6) is 5.75 Å². The average molecular weight is 339 g/mol. The van der Waals surface area contributed by atoms with Crippen LogP contribution in [0.4, 0.5) is 0 Å². The van der Waals surface area contributed by atoms with Gasteiger partial charge in [-0.25, -0.2) is 0 Å². The lowest BCUT2D eigenvalue weighted by atomic mass is 10.2. The van der Waals surface area contributed by atoms with Crippen molar-refractivity contribution in [1.82, 2.24) is 5.32 Å². The van der Waals surface area contributed by atoms with E-state index in [-0.39, 0.29) is 29.9 Å². The molecular weight excluding hydrogens is 324 g/mol. The minimum Gasteiger partial charge on any atom is -0.483 e. The Morgan fingerprint density at radius 3 is 2.82 bits per heavy atom. The van der Waals surface area contributed by atoms with E-state index in [0.29, 0.717) is 5.02 Å². The van der Waals surface area contributed by atoms with E-state index in [1.54, 1.807) is 17.4 Å². The van der Waals surface area contributed by atoms with Crippen molar-refractivity contribution in [3.05, 3.63) is 51.2 Å². The van der Waals surface area contributed by atoms with Crippen molar-refractivity contribution in [2.24, 2.45) is 5.73 Å². The lowest BCUT2D eigenvalue weighted by Crippen LogP contribution is -2.31. The molecule has 0 spiro atoms. The van der Waals surface area contributed by atoms with Crippen molar-refractivity contribution in [2.45, 2.75) is 13.0 Å². The number of amides is 2. The van der Waals surface area contributed by atoms with Crippen LogP contribution in [0, 0.1) is 0 Å². The second-order valence-electron chi connectivity index (χ2n) is 4.60. The van der Waals surface area contributed by atoms with Crippen LogP contribution < -0.4 is 15.8 Å². The highest BCUT2D eigenvalue weighted by molar-refractivity contribution is 7.10. The third kappa shape index (κ3) is 4.22. The molecule has 1 atom stereocenters. The predicted molar refractivity (Wildman–Crippen MR) is 86.3 cm³/mol. The maximum absolute atomic E-state index is 11.9. The Morgan fingerprint density at radius 1 is 1.41 bits per heavy atom. The Hall–Kier alpha value is -2.05. The first kappa shape index (κ1) is 16.3. The number of halogens is 1. The Balaban J connectivity index is 1.95. The summed E-state index contributed by atoms with van der Waals surface area (Å²) in [6.07, 6.45) is 0. The molecule has 0 aliphatic carbocycles. The van der Waals surface area contributed by atoms with Gasteiger partial charge >= 0.3 is 0 Å². The standard InChI is InChI=1S/C15H15ClN2O3S/c1-9(13-3-2-6-22-13)18-14(19)8-21-12-5-4-10(16)7-11(12)15(17)20/h2-7,9H,8H2,1H3,(H2,17,20)(H,18,19)/t9-/m1/s1. The van der Waals surface area contributed by atoms with Gasteiger partial charge in [0.25, 0.3) is 11.8 Å². The Morgan fingerprint density at radius 2 is 2.18 bits per heavy atom. The van der Waals surface area contributed by atoms with Gasteiger partial charge in [-0.05, 0) is 36.6 Å². The molecule has 0 aliphatic rings. The van der Waals surface area contributed by atoms with Gasteiger partial charge in [0, 0.05) is 9.90 Å². The topological polar surface area (TPSA) is 81.4 Å². The number of ether oxygens (including phenoxy) is 1. The molecule has 1 aromatic heterocycles. The number of hydrogen-bond donors (Lipinski definition) is 2. The molecule has 0 saturated carbocycles. The SMILES string of the molecule is C[C@@H](NC(=O)COc1ccc(Cl)cc1C(N)=O)c1cccs1. The van der Waals surface area contributed by atoms with Crippen LogP contribution in [0.25, 0.3) is 0 Å². The van der Waals surface area contributed by atoms with Gasteiger partial charge in [0.05, 0.1) is 11.6 Å². The zero-order valence-corrected chi connectivity index (χ0v) is 13.4. The van der Waals surface area contributed by atoms with E-state index in [9.17, 15) is 9.59 Å². The van der Waals surface area contributed by atoms with E-state index in [2.05, 4.69) is 5.32 Å². The van der Waals surface area contributed by atoms with Crippen LogP contribution in [0.15, 0.2) is 35.7 Å². The van der Waals surface area contributed by atoms with Crippen molar-refractivity contribution >= 4 is 34.8 Å². The van der Waals surface area contributed by atoms with Crippen LogP contribution in [-0.2, 0) is 4.79 Å². The Labute approximate surface area is 137 Å². The number of primary amides is 1. The van der Waals surface area contributed by atoms with Crippen LogP contribution in [0.2, 0.25) is 5.02 Å². The van der Waals surface area contributed by atoms with Gasteiger partial charge in [-0.2, -0.15) is 0 Å². The summed E-state index contributed by atoms with van der Waals surface area (Å²) in [5, 5.41) is 5.13. The second kappa shape index (κ2) is 7.29. The highest BCUT2D eigenvalue weighted by atomic mass is 35.5. The molecule has 2 aromatic rings. The molecule has 116 valence electrons. The summed E-state index contributed by atoms with van der Waals surface area (Å²) < 4.78 is 5.37. The van der Waals surface area contributed by atoms with E-state index in [1.165, 1.54) is 12.1 Å². The van der Waals surface area contributed by atoms with Gasteiger partial charge in [-0.1, -0.05) is 17.7 Å². The van der Waals surface area contributed by atoms with Crippen LogP contribution in [0.3, 0.4) is 0 Å². The van der Waals surface area contributed by atoms with Gasteiger partial charge < -0.3 is 15.8 Å². The molecule has 0 radical (unpaired) electrons. The number of carbonyl (C=O) groups is 2. The molecule has 0 saturated heterocycles. The molecule has 1 heterocycles. The fourth-order valence-corrected chi connectivity index (χ4v) is 2.76. The van der Waals surface area contributed by atoms with E-state index in [0.717, 1.165) is 4.88 Å². The minimum atomic E-state index is -0.662. The number of rotatable bonds is 6. The molecule has 7 heteroatoms. The van der Waals surface area contributed by atoms with E-state index in [1.807, 2.05) is 24.4 Å². The molecule has 0 fully saturated rings. The summed E-state index contributed by atoms with van der Waals surface area (Å²) in [5.74, 6) is -0.716. The number of nitrogens with one attached hydrogen (secondary N) is 1. The van der Waals surface area contributed by atoms with Crippen molar-refractivity contribution in [3.63, 3.8) is 0 Å². The summed E-state index contributed by atoms with van der Waals surface area (Å²) in [7, 11) is 0. The maximum Gasteiger partial charge on any atom is 0.258 e. The third-order valence-electron chi connectivity index (χ3n) is 2.91. The summed E-state index contributed by atoms with van der Waals surface area (Å²) >= 11 is 7.37. The quantitative estimate of drug-likeness (QED) is 0.849. The number of carbonyl (C=O) groups excluding carboxylic acids is 2. The van der Waals surface area contributed by atoms with Crippen molar-refractivity contribution < 1.29 is 14.3 Å². The predicted octanol–water partition coefficient (Wildman–Crippen LogP) is 2.76. The number of benzene rings is 1. The molecule has 2 amide bonds. The fourth-order valence-electron chi connectivity index (χ4n) is 1.86. The van der Waals surface area contributed by atoms with Crippen LogP contribution in [0.1, 0.15) is 28.2 Å². The summed E-state index contributed by atoms with van der Waals surface area (Å²) in [4.78, 5) is 24.3. The lowest BCUT2D eigenvalue weighted by molar-refractivity contribution is -0.123. The van der Waals surface area contributed by atoms with Crippen molar-refractivity contribution in [1.29, 1.82) is 0 Å². The highest BCUT2D eigenvalue weighted by Crippen LogP contribution is 2.22. The number of thiophene rings is 1. The molecule has 0 unspecified atom stereocenters. The van der Waals surface area contributed by atoms with Crippen molar-refractivity contribution in [2.75, 3.05) is 6.61 Å². The molecule has 3 N–H and O–H groups in total. The molecule has 1 aromatic carbocycles. The smallest absolute Gasteiger partial charge is 0.258 e. The third-order valence-corrected chi connectivity index (χ3v) is 4.20. The average Bonchev–Trinajstić information content (AvgIpc) is 3.00. The van der Waals surface area contributed by atoms with E-state index < -0.39 is 5.91 Å². The largest absolute Gasteiger partial charge is 0.483 e. The zero-order chi connectivity index (χ0) is 16.1. The van der Waals surface area contributed by atoms with Gasteiger partial charge in [-0.15, -0.1) is 11.3 Å². The van der Waals surface area contributed by atoms with Gasteiger partial charge in [-0.3, -0.25) is 9.59 Å². The molecule has 5 nitrogen and oxygen atoms in total. The van der Waals surface area contributed by atoms with Gasteiger partial charge in [0.1, 0.15) is 5.75 Å². The molecule has 22 heavy (non-hydrogen) atoms. The van der Waals surface area contributed by atoms with E-state index >= 15 is 0 Å². The van der Waals surface area contributed by atoms with Gasteiger partial charge in [0.2, 0.25) is 0 Å². The molecule has 2 rings (SSSR count). The zero-order valence-electron chi connectivity index (χ0n) is 11.8. The number of hydrogen-bond acceptors (Lipinski definition) is 4. The lowest BCUT2D eigenvalue weighted by Gasteiger charge is -2.14. The summed E-state index contributed by atoms with van der Waals surface area (Å²) in [6, 6.07) is 8.25. The Kier molecular flexibility index (Phi) is 5.41. The summed E-state index contributed by atoms with van der Waals surface area (Å²) in [6.45, 7) is 1.68. The summed E-state index contributed by atoms with van der Waals surface area (Å²) in [5.41, 5.74) is 5.40. The first-order valence-corrected chi connectivity index (χ1v) is 7.78. The van der Waals surface area contributed by atoms with Gasteiger partial charge in [0.15, 0.2) is 6.61 Å². The molecule has 0 aliphatic heterocycles. The first-order chi connectivity index (χ1) is 10.5. The maximum atomic E-state index is 11.9. The minimum absolute atomic E-state index is 0.100. The second-order valence-corrected chi connectivity index (χ2v) is 6.01. The van der Waals surface area contributed by atoms with Crippen molar-refractivity contribution in [3.8, 4) is 5.75 Å². The van der Waals surface area contributed by atoms with Crippen LogP contribution >= 0.6 is 22.9 Å². The Bertz CT molecular complexity index is 673. The monoisotopic (exact) mass is 338 g/mol.